The number of hydrogen-bond donors (Lipinski definition) is 1. The van der Waals surface area contributed by atoms with Crippen molar-refractivity contribution in [2.45, 2.75) is 59.4 Å². The van der Waals surface area contributed by atoms with Gasteiger partial charge in [0.15, 0.2) is 0 Å². The van der Waals surface area contributed by atoms with Crippen LogP contribution in [-0.4, -0.2) is 29.6 Å². The topological polar surface area (TPSA) is 41.0 Å². The van der Waals surface area contributed by atoms with Gasteiger partial charge in [-0.25, -0.2) is 9.97 Å². The third-order valence-corrected chi connectivity index (χ3v) is 4.53. The zero-order valence-electron chi connectivity index (χ0n) is 14.6. The van der Waals surface area contributed by atoms with E-state index in [1.54, 1.807) is 0 Å². The van der Waals surface area contributed by atoms with Crippen molar-refractivity contribution in [1.82, 2.24) is 9.97 Å². The van der Waals surface area contributed by atoms with Crippen molar-refractivity contribution in [2.75, 3.05) is 23.8 Å². The molecule has 118 valence electrons. The van der Waals surface area contributed by atoms with Gasteiger partial charge in [-0.2, -0.15) is 0 Å². The van der Waals surface area contributed by atoms with Crippen molar-refractivity contribution < 1.29 is 0 Å². The van der Waals surface area contributed by atoms with E-state index in [1.807, 2.05) is 7.05 Å². The highest BCUT2D eigenvalue weighted by Gasteiger charge is 2.31. The first-order chi connectivity index (χ1) is 9.72. The third kappa shape index (κ3) is 3.47. The van der Waals surface area contributed by atoms with E-state index in [0.29, 0.717) is 17.9 Å². The van der Waals surface area contributed by atoms with E-state index in [9.17, 15) is 0 Å². The normalized spacial score (nSPS) is 26.8. The van der Waals surface area contributed by atoms with Crippen LogP contribution in [0.3, 0.4) is 0 Å². The molecule has 0 aliphatic carbocycles. The van der Waals surface area contributed by atoms with E-state index in [4.69, 9.17) is 4.98 Å². The van der Waals surface area contributed by atoms with E-state index in [2.05, 4.69) is 62.8 Å². The van der Waals surface area contributed by atoms with Crippen LogP contribution in [0.15, 0.2) is 6.07 Å². The van der Waals surface area contributed by atoms with E-state index < -0.39 is 0 Å². The number of piperidine rings is 1. The van der Waals surface area contributed by atoms with Crippen molar-refractivity contribution in [3.8, 4) is 0 Å². The number of nitrogens with one attached hydrogen (secondary N) is 1. The molecular formula is C17H30N4. The van der Waals surface area contributed by atoms with Gasteiger partial charge in [0.2, 0.25) is 0 Å². The molecule has 1 aliphatic rings. The quantitative estimate of drug-likeness (QED) is 0.902. The second-order valence-electron chi connectivity index (χ2n) is 7.65. The lowest BCUT2D eigenvalue weighted by Crippen LogP contribution is -2.46. The van der Waals surface area contributed by atoms with Crippen LogP contribution in [0.5, 0.6) is 0 Å². The average molecular weight is 290 g/mol. The van der Waals surface area contributed by atoms with E-state index in [0.717, 1.165) is 24.0 Å². The van der Waals surface area contributed by atoms with Crippen LogP contribution in [0.2, 0.25) is 0 Å². The zero-order valence-corrected chi connectivity index (χ0v) is 14.6. The number of nitrogens with zero attached hydrogens (tertiary/aromatic N) is 3. The number of rotatable bonds is 2. The number of anilines is 2. The van der Waals surface area contributed by atoms with Gasteiger partial charge in [-0.3, -0.25) is 0 Å². The van der Waals surface area contributed by atoms with Gasteiger partial charge in [-0.05, 0) is 25.2 Å². The van der Waals surface area contributed by atoms with Crippen LogP contribution in [-0.2, 0) is 5.41 Å². The van der Waals surface area contributed by atoms with Gasteiger partial charge < -0.3 is 10.2 Å². The highest BCUT2D eigenvalue weighted by molar-refractivity contribution is 5.51. The summed E-state index contributed by atoms with van der Waals surface area (Å²) >= 11 is 0. The molecule has 1 saturated heterocycles. The summed E-state index contributed by atoms with van der Waals surface area (Å²) in [5.74, 6) is 4.28. The van der Waals surface area contributed by atoms with Crippen molar-refractivity contribution in [1.29, 1.82) is 0 Å². The lowest BCUT2D eigenvalue weighted by molar-refractivity contribution is 0.295. The van der Waals surface area contributed by atoms with Crippen LogP contribution < -0.4 is 10.2 Å². The second-order valence-corrected chi connectivity index (χ2v) is 7.65. The molecule has 0 amide bonds. The predicted octanol–water partition coefficient (Wildman–Crippen LogP) is 3.69. The maximum atomic E-state index is 4.87. The van der Waals surface area contributed by atoms with Gasteiger partial charge >= 0.3 is 0 Å². The van der Waals surface area contributed by atoms with Gasteiger partial charge in [0.25, 0.3) is 0 Å². The minimum Gasteiger partial charge on any atom is -0.373 e. The molecule has 2 heterocycles. The molecule has 4 nitrogen and oxygen atoms in total. The number of aromatic nitrogens is 2. The molecule has 1 aliphatic heterocycles. The Morgan fingerprint density at radius 1 is 1.19 bits per heavy atom. The molecule has 3 atom stereocenters. The Morgan fingerprint density at radius 2 is 1.86 bits per heavy atom. The highest BCUT2D eigenvalue weighted by atomic mass is 15.2. The lowest BCUT2D eigenvalue weighted by atomic mass is 9.86. The molecule has 0 radical (unpaired) electrons. The molecule has 0 aromatic carbocycles. The lowest BCUT2D eigenvalue weighted by Gasteiger charge is -2.42. The Hall–Kier alpha value is -1.32. The fourth-order valence-electron chi connectivity index (χ4n) is 3.06. The minimum atomic E-state index is -0.0438. The Kier molecular flexibility index (Phi) is 4.45. The standard InChI is InChI=1S/C17H30N4/c1-11-8-12(2)13(3)21(10-11)15-9-14(18-7)19-16(20-15)17(4,5)6/h9,11-13H,8,10H2,1-7H3,(H,18,19,20). The highest BCUT2D eigenvalue weighted by Crippen LogP contribution is 2.32. The van der Waals surface area contributed by atoms with E-state index in [1.165, 1.54) is 6.42 Å². The SMILES string of the molecule is CNc1cc(N2CC(C)CC(C)C2C)nc(C(C)(C)C)n1. The first-order valence-corrected chi connectivity index (χ1v) is 8.06. The first kappa shape index (κ1) is 16.1. The summed E-state index contributed by atoms with van der Waals surface area (Å²) in [7, 11) is 1.92. The maximum absolute atomic E-state index is 4.87. The van der Waals surface area contributed by atoms with Gasteiger partial charge in [-0.15, -0.1) is 0 Å². The van der Waals surface area contributed by atoms with Gasteiger partial charge in [0, 0.05) is 31.1 Å². The molecule has 4 heteroatoms. The summed E-state index contributed by atoms with van der Waals surface area (Å²) in [6.07, 6.45) is 1.30. The summed E-state index contributed by atoms with van der Waals surface area (Å²) < 4.78 is 0. The minimum absolute atomic E-state index is 0.0438. The molecule has 2 rings (SSSR count). The fraction of sp³-hybridized carbons (Fsp3) is 0.765. The Balaban J connectivity index is 2.42. The molecule has 21 heavy (non-hydrogen) atoms. The second kappa shape index (κ2) is 5.82. The van der Waals surface area contributed by atoms with Gasteiger partial charge in [-0.1, -0.05) is 34.6 Å². The van der Waals surface area contributed by atoms with Crippen LogP contribution in [0.25, 0.3) is 0 Å². The van der Waals surface area contributed by atoms with Crippen molar-refractivity contribution in [3.05, 3.63) is 11.9 Å². The molecule has 0 spiro atoms. The first-order valence-electron chi connectivity index (χ1n) is 8.06. The molecule has 1 aromatic rings. The Morgan fingerprint density at radius 3 is 2.43 bits per heavy atom. The average Bonchev–Trinajstić information content (AvgIpc) is 2.41. The fourth-order valence-corrected chi connectivity index (χ4v) is 3.06. The monoisotopic (exact) mass is 290 g/mol. The van der Waals surface area contributed by atoms with Crippen molar-refractivity contribution >= 4 is 11.6 Å². The smallest absolute Gasteiger partial charge is 0.138 e. The maximum Gasteiger partial charge on any atom is 0.138 e. The summed E-state index contributed by atoms with van der Waals surface area (Å²) in [4.78, 5) is 12.0. The third-order valence-electron chi connectivity index (χ3n) is 4.53. The van der Waals surface area contributed by atoms with Crippen LogP contribution in [0.1, 0.15) is 53.8 Å². The Labute approximate surface area is 129 Å². The molecule has 3 unspecified atom stereocenters. The molecule has 0 saturated carbocycles. The van der Waals surface area contributed by atoms with E-state index in [-0.39, 0.29) is 5.41 Å². The summed E-state index contributed by atoms with van der Waals surface area (Å²) in [5.41, 5.74) is -0.0438. The Bertz CT molecular complexity index is 492. The van der Waals surface area contributed by atoms with Gasteiger partial charge in [0.1, 0.15) is 17.5 Å². The summed E-state index contributed by atoms with van der Waals surface area (Å²) in [6, 6.07) is 2.60. The molecule has 1 aromatic heterocycles. The summed E-state index contributed by atoms with van der Waals surface area (Å²) in [5, 5.41) is 3.18. The molecule has 0 bridgehead atoms. The van der Waals surface area contributed by atoms with Crippen LogP contribution >= 0.6 is 0 Å². The van der Waals surface area contributed by atoms with Crippen molar-refractivity contribution in [3.63, 3.8) is 0 Å². The molecular weight excluding hydrogens is 260 g/mol. The predicted molar refractivity (Wildman–Crippen MR) is 90.0 cm³/mol. The van der Waals surface area contributed by atoms with Crippen LogP contribution in [0, 0.1) is 11.8 Å². The molecule has 1 fully saturated rings. The zero-order chi connectivity index (χ0) is 15.8. The van der Waals surface area contributed by atoms with Crippen LogP contribution in [0.4, 0.5) is 11.6 Å². The number of hydrogen-bond acceptors (Lipinski definition) is 4. The molecule has 1 N–H and O–H groups in total. The largest absolute Gasteiger partial charge is 0.373 e. The van der Waals surface area contributed by atoms with Crippen molar-refractivity contribution in [2.24, 2.45) is 11.8 Å². The van der Waals surface area contributed by atoms with E-state index >= 15 is 0 Å². The van der Waals surface area contributed by atoms with Gasteiger partial charge in [0.05, 0.1) is 0 Å². The summed E-state index contributed by atoms with van der Waals surface area (Å²) in [6.45, 7) is 14.6.